The maximum Gasteiger partial charge on any atom is 0.255 e. The van der Waals surface area contributed by atoms with Gasteiger partial charge in [-0.3, -0.25) is 14.6 Å². The molecular weight excluding hydrogens is 406 g/mol. The highest BCUT2D eigenvalue weighted by Crippen LogP contribution is 2.25. The maximum atomic E-state index is 12.6. The number of H-pyrrole nitrogens is 1. The van der Waals surface area contributed by atoms with Crippen LogP contribution in [0.4, 0.5) is 23.0 Å². The van der Waals surface area contributed by atoms with E-state index in [1.54, 1.807) is 0 Å². The molecule has 0 saturated carbocycles. The van der Waals surface area contributed by atoms with E-state index in [0.29, 0.717) is 55.6 Å². The minimum Gasteiger partial charge on any atom is -0.378 e. The van der Waals surface area contributed by atoms with Gasteiger partial charge in [0.25, 0.3) is 5.56 Å². The van der Waals surface area contributed by atoms with Gasteiger partial charge in [-0.15, -0.1) is 0 Å². The summed E-state index contributed by atoms with van der Waals surface area (Å²) in [6.07, 6.45) is 0.500. The van der Waals surface area contributed by atoms with Gasteiger partial charge in [0.05, 0.1) is 24.6 Å². The molecule has 1 aliphatic rings. The number of ether oxygens (including phenoxy) is 1. The van der Waals surface area contributed by atoms with E-state index in [2.05, 4.69) is 20.6 Å². The molecule has 0 radical (unpaired) electrons. The van der Waals surface area contributed by atoms with Crippen LogP contribution in [-0.2, 0) is 16.0 Å². The van der Waals surface area contributed by atoms with Gasteiger partial charge in [0, 0.05) is 36.5 Å². The molecule has 4 rings (SSSR count). The number of aryl methyl sites for hydroxylation is 1. The number of rotatable bonds is 7. The minimum atomic E-state index is -0.196. The molecule has 0 spiro atoms. The van der Waals surface area contributed by atoms with Crippen LogP contribution in [-0.4, -0.2) is 42.2 Å². The number of anilines is 4. The summed E-state index contributed by atoms with van der Waals surface area (Å²) < 4.78 is 5.35. The van der Waals surface area contributed by atoms with E-state index in [-0.39, 0.29) is 17.9 Å². The number of aromatic nitrogens is 2. The van der Waals surface area contributed by atoms with Crippen LogP contribution in [0, 0.1) is 6.92 Å². The first-order valence-electron chi connectivity index (χ1n) is 10.7. The van der Waals surface area contributed by atoms with Gasteiger partial charge in [-0.2, -0.15) is 0 Å². The fraction of sp³-hybridized carbons (Fsp3) is 0.292. The number of carbonyl (C=O) groups is 1. The summed E-state index contributed by atoms with van der Waals surface area (Å²) in [6, 6.07) is 17.3. The third-order valence-corrected chi connectivity index (χ3v) is 5.38. The molecule has 1 aromatic heterocycles. The second kappa shape index (κ2) is 10.1. The lowest BCUT2D eigenvalue weighted by Crippen LogP contribution is -2.38. The average Bonchev–Trinajstić information content (AvgIpc) is 2.81. The number of hydrogen-bond donors (Lipinski definition) is 3. The Morgan fingerprint density at radius 1 is 1.06 bits per heavy atom. The van der Waals surface area contributed by atoms with E-state index in [0.717, 1.165) is 11.4 Å². The van der Waals surface area contributed by atoms with Crippen molar-refractivity contribution in [3.8, 4) is 0 Å². The zero-order valence-corrected chi connectivity index (χ0v) is 18.1. The van der Waals surface area contributed by atoms with Crippen LogP contribution in [0.1, 0.15) is 17.7 Å². The quantitative estimate of drug-likeness (QED) is 0.529. The number of aromatic amines is 1. The molecule has 0 atom stereocenters. The molecule has 0 unspecified atom stereocenters. The molecular formula is C24H27N5O3. The molecule has 8 nitrogen and oxygen atoms in total. The summed E-state index contributed by atoms with van der Waals surface area (Å²) in [5.41, 5.74) is 3.41. The number of morpholine rings is 1. The van der Waals surface area contributed by atoms with E-state index >= 15 is 0 Å². The van der Waals surface area contributed by atoms with Crippen molar-refractivity contribution in [2.45, 2.75) is 19.8 Å². The van der Waals surface area contributed by atoms with Crippen LogP contribution in [0.2, 0.25) is 0 Å². The van der Waals surface area contributed by atoms with Gasteiger partial charge in [0.15, 0.2) is 0 Å². The van der Waals surface area contributed by atoms with Crippen LogP contribution >= 0.6 is 0 Å². The lowest BCUT2D eigenvalue weighted by molar-refractivity contribution is -0.116. The molecule has 0 bridgehead atoms. The predicted molar refractivity (Wildman–Crippen MR) is 126 cm³/mol. The third kappa shape index (κ3) is 5.33. The zero-order chi connectivity index (χ0) is 22.3. The molecule has 2 heterocycles. The summed E-state index contributed by atoms with van der Waals surface area (Å²) in [5.74, 6) is 0.397. The molecule has 166 valence electrons. The Kier molecular flexibility index (Phi) is 6.81. The Morgan fingerprint density at radius 2 is 1.75 bits per heavy atom. The molecule has 32 heavy (non-hydrogen) atoms. The van der Waals surface area contributed by atoms with Crippen LogP contribution in [0.25, 0.3) is 0 Å². The van der Waals surface area contributed by atoms with Crippen molar-refractivity contribution >= 4 is 28.9 Å². The Morgan fingerprint density at radius 3 is 2.47 bits per heavy atom. The molecule has 1 amide bonds. The largest absolute Gasteiger partial charge is 0.378 e. The Labute approximate surface area is 186 Å². The molecule has 1 aliphatic heterocycles. The van der Waals surface area contributed by atoms with Gasteiger partial charge in [0.1, 0.15) is 0 Å². The first-order valence-corrected chi connectivity index (χ1v) is 10.7. The smallest absolute Gasteiger partial charge is 0.255 e. The van der Waals surface area contributed by atoms with Gasteiger partial charge in [-0.05, 0) is 37.6 Å². The number of carbonyl (C=O) groups excluding carboxylic acids is 1. The number of nitrogens with zero attached hydrogens (tertiary/aromatic N) is 2. The lowest BCUT2D eigenvalue weighted by Gasteiger charge is -2.27. The fourth-order valence-corrected chi connectivity index (χ4v) is 3.64. The highest BCUT2D eigenvalue weighted by Gasteiger charge is 2.17. The van der Waals surface area contributed by atoms with Gasteiger partial charge in [0.2, 0.25) is 11.9 Å². The predicted octanol–water partition coefficient (Wildman–Crippen LogP) is 3.23. The Balaban J connectivity index is 1.40. The molecule has 8 heteroatoms. The van der Waals surface area contributed by atoms with Crippen molar-refractivity contribution in [2.75, 3.05) is 41.8 Å². The standard InChI is InChI=1S/C24H27N5O3/c1-17-19(23(31)28-24(25-17)29-13-15-32-16-14-29)11-12-22(30)27-21-10-6-5-9-20(21)26-18-7-3-2-4-8-18/h2-10,26H,11-16H2,1H3,(H,27,30)(H,25,28,31). The Bertz CT molecular complexity index is 1120. The summed E-state index contributed by atoms with van der Waals surface area (Å²) in [5, 5.41) is 6.26. The van der Waals surface area contributed by atoms with Crippen LogP contribution in [0.3, 0.4) is 0 Å². The second-order valence-corrected chi connectivity index (χ2v) is 7.64. The number of benzene rings is 2. The van der Waals surface area contributed by atoms with Crippen LogP contribution in [0.15, 0.2) is 59.4 Å². The summed E-state index contributed by atoms with van der Waals surface area (Å²) >= 11 is 0. The molecule has 0 aliphatic carbocycles. The monoisotopic (exact) mass is 433 g/mol. The highest BCUT2D eigenvalue weighted by atomic mass is 16.5. The van der Waals surface area contributed by atoms with E-state index < -0.39 is 0 Å². The van der Waals surface area contributed by atoms with Crippen molar-refractivity contribution in [1.82, 2.24) is 9.97 Å². The van der Waals surface area contributed by atoms with E-state index in [1.807, 2.05) is 66.4 Å². The highest BCUT2D eigenvalue weighted by molar-refractivity contribution is 5.95. The summed E-state index contributed by atoms with van der Waals surface area (Å²) in [7, 11) is 0. The van der Waals surface area contributed by atoms with Gasteiger partial charge in [-0.1, -0.05) is 30.3 Å². The van der Waals surface area contributed by atoms with Crippen molar-refractivity contribution in [3.05, 3.63) is 76.2 Å². The lowest BCUT2D eigenvalue weighted by atomic mass is 10.1. The molecule has 1 saturated heterocycles. The van der Waals surface area contributed by atoms with Crippen LogP contribution < -0.4 is 21.1 Å². The first-order chi connectivity index (χ1) is 15.6. The number of nitrogens with one attached hydrogen (secondary N) is 3. The second-order valence-electron chi connectivity index (χ2n) is 7.64. The van der Waals surface area contributed by atoms with Crippen molar-refractivity contribution in [3.63, 3.8) is 0 Å². The third-order valence-electron chi connectivity index (χ3n) is 5.38. The first kappa shape index (κ1) is 21.6. The minimum absolute atomic E-state index is 0.164. The number of amides is 1. The summed E-state index contributed by atoms with van der Waals surface area (Å²) in [4.78, 5) is 34.7. The van der Waals surface area contributed by atoms with Crippen molar-refractivity contribution in [2.24, 2.45) is 0 Å². The summed E-state index contributed by atoms with van der Waals surface area (Å²) in [6.45, 7) is 4.43. The average molecular weight is 434 g/mol. The van der Waals surface area contributed by atoms with Gasteiger partial charge >= 0.3 is 0 Å². The van der Waals surface area contributed by atoms with Crippen molar-refractivity contribution in [1.29, 1.82) is 0 Å². The molecule has 3 N–H and O–H groups in total. The van der Waals surface area contributed by atoms with Crippen LogP contribution in [0.5, 0.6) is 0 Å². The zero-order valence-electron chi connectivity index (χ0n) is 18.1. The van der Waals surface area contributed by atoms with E-state index in [4.69, 9.17) is 4.74 Å². The topological polar surface area (TPSA) is 99.4 Å². The normalized spacial score (nSPS) is 13.6. The number of hydrogen-bond acceptors (Lipinski definition) is 6. The van der Waals surface area contributed by atoms with E-state index in [1.165, 1.54) is 0 Å². The number of para-hydroxylation sites is 3. The maximum absolute atomic E-state index is 12.6. The van der Waals surface area contributed by atoms with Gasteiger partial charge < -0.3 is 20.3 Å². The SMILES string of the molecule is Cc1nc(N2CCOCC2)[nH]c(=O)c1CCC(=O)Nc1ccccc1Nc1ccccc1. The van der Waals surface area contributed by atoms with Gasteiger partial charge in [-0.25, -0.2) is 4.98 Å². The molecule has 2 aromatic carbocycles. The van der Waals surface area contributed by atoms with Crippen molar-refractivity contribution < 1.29 is 9.53 Å². The van der Waals surface area contributed by atoms with E-state index in [9.17, 15) is 9.59 Å². The molecule has 3 aromatic rings. The Hall–Kier alpha value is -3.65. The molecule has 1 fully saturated rings. The fourth-order valence-electron chi connectivity index (χ4n) is 3.64.